The molecule has 0 saturated carbocycles. The van der Waals surface area contributed by atoms with Gasteiger partial charge in [-0.05, 0) is 39.1 Å². The van der Waals surface area contributed by atoms with E-state index in [4.69, 9.17) is 5.10 Å². The zero-order chi connectivity index (χ0) is 26.9. The van der Waals surface area contributed by atoms with Crippen LogP contribution in [-0.2, 0) is 19.5 Å². The normalized spacial score (nSPS) is 11.2. The molecule has 0 amide bonds. The summed E-state index contributed by atoms with van der Waals surface area (Å²) in [7, 11) is 0. The third-order valence-electron chi connectivity index (χ3n) is 7.06. The number of H-pyrrole nitrogens is 1. The molecule has 0 saturated heterocycles. The number of hydrogen-bond donors (Lipinski definition) is 1. The van der Waals surface area contributed by atoms with Crippen LogP contribution in [-0.4, -0.2) is 35.0 Å². The van der Waals surface area contributed by atoms with Crippen molar-refractivity contribution in [1.29, 1.82) is 0 Å². The van der Waals surface area contributed by atoms with Crippen molar-refractivity contribution in [2.45, 2.75) is 65.0 Å². The number of aromatic nitrogens is 7. The maximum atomic E-state index is 13.5. The Balaban J connectivity index is 1.36. The van der Waals surface area contributed by atoms with Crippen LogP contribution < -0.4 is 5.69 Å². The van der Waals surface area contributed by atoms with Crippen LogP contribution in [0.4, 0.5) is 0 Å². The fourth-order valence-electron chi connectivity index (χ4n) is 4.94. The van der Waals surface area contributed by atoms with Gasteiger partial charge in [-0.3, -0.25) is 4.57 Å². The zero-order valence-electron chi connectivity index (χ0n) is 22.5. The molecule has 1 N–H and O–H groups in total. The number of nitrogens with one attached hydrogen (secondary N) is 1. The quantitative estimate of drug-likeness (QED) is 0.195. The molecule has 8 heteroatoms. The molecule has 8 nitrogen and oxygen atoms in total. The van der Waals surface area contributed by atoms with E-state index in [0.717, 1.165) is 52.9 Å². The van der Waals surface area contributed by atoms with E-state index in [1.807, 2.05) is 53.1 Å². The minimum atomic E-state index is -0.0629. The lowest BCUT2D eigenvalue weighted by Gasteiger charge is -2.09. The van der Waals surface area contributed by atoms with Gasteiger partial charge in [0.1, 0.15) is 5.82 Å². The van der Waals surface area contributed by atoms with Crippen molar-refractivity contribution in [3.63, 3.8) is 0 Å². The van der Waals surface area contributed by atoms with Crippen molar-refractivity contribution in [2.24, 2.45) is 0 Å². The maximum Gasteiger partial charge on any atom is 0.346 e. The molecule has 39 heavy (non-hydrogen) atoms. The third-order valence-corrected chi connectivity index (χ3v) is 7.06. The predicted octanol–water partition coefficient (Wildman–Crippen LogP) is 5.89. The summed E-state index contributed by atoms with van der Waals surface area (Å²) in [5.41, 5.74) is 5.11. The largest absolute Gasteiger partial charge is 0.346 e. The maximum absolute atomic E-state index is 13.5. The number of benzene rings is 3. The second-order valence-electron chi connectivity index (χ2n) is 9.94. The van der Waals surface area contributed by atoms with E-state index in [-0.39, 0.29) is 5.69 Å². The first-order chi connectivity index (χ1) is 19.2. The smallest absolute Gasteiger partial charge is 0.274 e. The van der Waals surface area contributed by atoms with Crippen LogP contribution in [0, 0.1) is 0 Å². The summed E-state index contributed by atoms with van der Waals surface area (Å²) in [6.07, 6.45) is 8.04. The molecular weight excluding hydrogens is 486 g/mol. The monoisotopic (exact) mass is 521 g/mol. The highest BCUT2D eigenvalue weighted by molar-refractivity contribution is 5.80. The molecule has 2 heterocycles. The number of hydrogen-bond acceptors (Lipinski definition) is 5. The van der Waals surface area contributed by atoms with Gasteiger partial charge < -0.3 is 0 Å². The Kier molecular flexibility index (Phi) is 8.73. The lowest BCUT2D eigenvalue weighted by atomic mass is 9.98. The van der Waals surface area contributed by atoms with Gasteiger partial charge in [-0.2, -0.15) is 5.10 Å². The van der Waals surface area contributed by atoms with Gasteiger partial charge in [-0.25, -0.2) is 14.6 Å². The molecule has 0 aliphatic heterocycles. The molecule has 0 radical (unpaired) electrons. The average molecular weight is 522 g/mol. The summed E-state index contributed by atoms with van der Waals surface area (Å²) >= 11 is 0. The first kappa shape index (κ1) is 26.3. The molecular formula is C31H35N7O. The lowest BCUT2D eigenvalue weighted by molar-refractivity contribution is 0.587. The summed E-state index contributed by atoms with van der Waals surface area (Å²) in [4.78, 5) is 13.5. The van der Waals surface area contributed by atoms with Gasteiger partial charge in [0.15, 0.2) is 5.82 Å². The van der Waals surface area contributed by atoms with Crippen molar-refractivity contribution in [3.05, 3.63) is 106 Å². The van der Waals surface area contributed by atoms with Gasteiger partial charge in [0.2, 0.25) is 0 Å². The van der Waals surface area contributed by atoms with Crippen LogP contribution in [0.15, 0.2) is 83.7 Å². The van der Waals surface area contributed by atoms with Gasteiger partial charge in [0, 0.05) is 12.0 Å². The van der Waals surface area contributed by atoms with E-state index in [0.29, 0.717) is 18.9 Å². The zero-order valence-corrected chi connectivity index (χ0v) is 22.5. The van der Waals surface area contributed by atoms with Crippen molar-refractivity contribution in [2.75, 3.05) is 0 Å². The molecule has 0 bridgehead atoms. The molecule has 0 aliphatic rings. The summed E-state index contributed by atoms with van der Waals surface area (Å²) in [6, 6.07) is 26.4. The molecule has 0 aliphatic carbocycles. The highest BCUT2D eigenvalue weighted by atomic mass is 16.2. The molecule has 200 valence electrons. The molecule has 5 aromatic rings. The highest BCUT2D eigenvalue weighted by Gasteiger charge is 2.15. The topological polar surface area (TPSA) is 94.3 Å². The Morgan fingerprint density at radius 2 is 1.44 bits per heavy atom. The Labute approximate surface area is 228 Å². The Bertz CT molecular complexity index is 1500. The summed E-state index contributed by atoms with van der Waals surface area (Å²) in [5, 5.41) is 19.2. The predicted molar refractivity (Wildman–Crippen MR) is 153 cm³/mol. The summed E-state index contributed by atoms with van der Waals surface area (Å²) in [6.45, 7) is 3.20. The van der Waals surface area contributed by atoms with Crippen molar-refractivity contribution in [3.8, 4) is 22.5 Å². The molecule has 0 unspecified atom stereocenters. The first-order valence-electron chi connectivity index (χ1n) is 13.9. The Morgan fingerprint density at radius 3 is 2.18 bits per heavy atom. The fraction of sp³-hybridized carbons (Fsp3) is 0.323. The molecule has 5 rings (SSSR count). The number of aromatic amines is 1. The minimum Gasteiger partial charge on any atom is -0.274 e. The van der Waals surface area contributed by atoms with Crippen LogP contribution in [0.3, 0.4) is 0 Å². The second-order valence-corrected chi connectivity index (χ2v) is 9.94. The Morgan fingerprint density at radius 1 is 0.744 bits per heavy atom. The minimum absolute atomic E-state index is 0.0629. The second kappa shape index (κ2) is 13.0. The molecule has 2 aromatic heterocycles. The SMILES string of the molecule is CCCCCCCCc1nn(Cc2ccccc2)c(=O)n1Cc1ccc(-c2ccccc2-c2nnn[nH]2)cc1. The van der Waals surface area contributed by atoms with Gasteiger partial charge in [-0.1, -0.05) is 118 Å². The van der Waals surface area contributed by atoms with E-state index in [1.54, 1.807) is 4.68 Å². The average Bonchev–Trinajstić information content (AvgIpc) is 3.61. The number of unbranched alkanes of at least 4 members (excludes halogenated alkanes) is 5. The Hall–Kier alpha value is -4.33. The fourth-order valence-corrected chi connectivity index (χ4v) is 4.94. The molecule has 0 atom stereocenters. The molecule has 3 aromatic carbocycles. The standard InChI is InChI=1S/C31H35N7O/c1-2-3-4-5-6-10-17-29-34-38(23-24-13-8-7-9-14-24)31(39)37(29)22-25-18-20-26(21-19-25)27-15-11-12-16-28(27)30-32-35-36-33-30/h7-9,11-16,18-21H,2-6,10,17,22-23H2,1H3,(H,32,33,35,36). The van der Waals surface area contributed by atoms with E-state index < -0.39 is 0 Å². The van der Waals surface area contributed by atoms with Crippen molar-refractivity contribution >= 4 is 0 Å². The lowest BCUT2D eigenvalue weighted by Crippen LogP contribution is -2.26. The van der Waals surface area contributed by atoms with Crippen LogP contribution >= 0.6 is 0 Å². The highest BCUT2D eigenvalue weighted by Crippen LogP contribution is 2.29. The van der Waals surface area contributed by atoms with E-state index >= 15 is 0 Å². The van der Waals surface area contributed by atoms with Crippen LogP contribution in [0.1, 0.15) is 62.4 Å². The van der Waals surface area contributed by atoms with Gasteiger partial charge >= 0.3 is 5.69 Å². The first-order valence-corrected chi connectivity index (χ1v) is 13.9. The van der Waals surface area contributed by atoms with E-state index in [1.165, 1.54) is 25.7 Å². The van der Waals surface area contributed by atoms with Crippen LogP contribution in [0.5, 0.6) is 0 Å². The van der Waals surface area contributed by atoms with Crippen molar-refractivity contribution in [1.82, 2.24) is 35.0 Å². The van der Waals surface area contributed by atoms with Gasteiger partial charge in [-0.15, -0.1) is 5.10 Å². The van der Waals surface area contributed by atoms with Gasteiger partial charge in [0.05, 0.1) is 13.1 Å². The summed E-state index contributed by atoms with van der Waals surface area (Å²) in [5.74, 6) is 1.49. The third kappa shape index (κ3) is 6.57. The van der Waals surface area contributed by atoms with Crippen LogP contribution in [0.25, 0.3) is 22.5 Å². The van der Waals surface area contributed by atoms with E-state index in [9.17, 15) is 4.79 Å². The van der Waals surface area contributed by atoms with Gasteiger partial charge in [0.25, 0.3) is 0 Å². The molecule has 0 fully saturated rings. The van der Waals surface area contributed by atoms with E-state index in [2.05, 4.69) is 57.9 Å². The number of nitrogens with zero attached hydrogens (tertiary/aromatic N) is 6. The molecule has 0 spiro atoms. The number of tetrazole rings is 1. The number of rotatable bonds is 13. The van der Waals surface area contributed by atoms with Crippen LogP contribution in [0.2, 0.25) is 0 Å². The number of aryl methyl sites for hydroxylation is 1. The summed E-state index contributed by atoms with van der Waals surface area (Å²) < 4.78 is 3.45. The van der Waals surface area contributed by atoms with Crippen molar-refractivity contribution < 1.29 is 0 Å².